The molecule has 0 saturated heterocycles. The maximum absolute atomic E-state index is 11.8. The van der Waals surface area contributed by atoms with Gasteiger partial charge < -0.3 is 15.6 Å². The number of benzene rings is 3. The van der Waals surface area contributed by atoms with E-state index in [1.807, 2.05) is 42.5 Å². The summed E-state index contributed by atoms with van der Waals surface area (Å²) in [4.78, 5) is 11.8. The highest BCUT2D eigenvalue weighted by atomic mass is 16.5. The van der Waals surface area contributed by atoms with E-state index >= 15 is 0 Å². The van der Waals surface area contributed by atoms with Crippen LogP contribution in [-0.4, -0.2) is 17.1 Å². The van der Waals surface area contributed by atoms with Crippen LogP contribution in [0.2, 0.25) is 0 Å². The Kier molecular flexibility index (Phi) is 5.60. The highest BCUT2D eigenvalue weighted by molar-refractivity contribution is 5.78. The third-order valence-corrected chi connectivity index (χ3v) is 5.87. The SMILES string of the molecule is CC(C)c1cccc(-c2ccccc2Oc2ccc3c(c2)C(C(=O)O)C(N)CC3)c1. The van der Waals surface area contributed by atoms with Gasteiger partial charge in [-0.3, -0.25) is 4.79 Å². The van der Waals surface area contributed by atoms with Gasteiger partial charge in [0.2, 0.25) is 0 Å². The highest BCUT2D eigenvalue weighted by Gasteiger charge is 2.33. The molecule has 2 atom stereocenters. The van der Waals surface area contributed by atoms with Crippen molar-refractivity contribution < 1.29 is 14.6 Å². The standard InChI is InChI=1S/C26H27NO3/c1-16(2)18-6-5-7-19(14-18)21-8-3-4-9-24(21)30-20-12-10-17-11-13-23(27)25(26(28)29)22(17)15-20/h3-10,12,14-16,23,25H,11,13,27H2,1-2H3,(H,28,29). The zero-order chi connectivity index (χ0) is 21.3. The van der Waals surface area contributed by atoms with Crippen molar-refractivity contribution in [3.8, 4) is 22.6 Å². The number of ether oxygens (including phenoxy) is 1. The number of fused-ring (bicyclic) bond motifs is 1. The molecule has 0 radical (unpaired) electrons. The molecule has 1 aliphatic carbocycles. The Labute approximate surface area is 177 Å². The lowest BCUT2D eigenvalue weighted by atomic mass is 9.79. The molecular weight excluding hydrogens is 374 g/mol. The van der Waals surface area contributed by atoms with Crippen LogP contribution in [0, 0.1) is 0 Å². The van der Waals surface area contributed by atoms with Gasteiger partial charge >= 0.3 is 5.97 Å². The predicted octanol–water partition coefficient (Wildman–Crippen LogP) is 5.71. The van der Waals surface area contributed by atoms with Crippen molar-refractivity contribution in [1.29, 1.82) is 0 Å². The van der Waals surface area contributed by atoms with Gasteiger partial charge in [0.05, 0.1) is 5.92 Å². The van der Waals surface area contributed by atoms with E-state index in [4.69, 9.17) is 10.5 Å². The first kappa shape index (κ1) is 20.2. The molecule has 3 aromatic carbocycles. The fourth-order valence-electron chi connectivity index (χ4n) is 4.18. The summed E-state index contributed by atoms with van der Waals surface area (Å²) in [6, 6.07) is 21.8. The fourth-order valence-corrected chi connectivity index (χ4v) is 4.18. The second-order valence-electron chi connectivity index (χ2n) is 8.26. The number of aryl methyl sites for hydroxylation is 1. The number of para-hydroxylation sites is 1. The fraction of sp³-hybridized carbons (Fsp3) is 0.269. The number of aliphatic carboxylic acids is 1. The molecule has 4 rings (SSSR count). The summed E-state index contributed by atoms with van der Waals surface area (Å²) in [7, 11) is 0. The minimum atomic E-state index is -0.883. The van der Waals surface area contributed by atoms with Gasteiger partial charge in [-0.25, -0.2) is 0 Å². The van der Waals surface area contributed by atoms with Gasteiger partial charge in [-0.15, -0.1) is 0 Å². The Bertz CT molecular complexity index is 1070. The van der Waals surface area contributed by atoms with Gasteiger partial charge in [0.1, 0.15) is 11.5 Å². The first-order chi connectivity index (χ1) is 14.4. The number of hydrogen-bond donors (Lipinski definition) is 2. The first-order valence-electron chi connectivity index (χ1n) is 10.4. The van der Waals surface area contributed by atoms with Gasteiger partial charge in [0.25, 0.3) is 0 Å². The number of hydrogen-bond acceptors (Lipinski definition) is 3. The topological polar surface area (TPSA) is 72.5 Å². The average Bonchev–Trinajstić information content (AvgIpc) is 2.73. The maximum atomic E-state index is 11.8. The second-order valence-corrected chi connectivity index (χ2v) is 8.26. The van der Waals surface area contributed by atoms with Crippen molar-refractivity contribution in [1.82, 2.24) is 0 Å². The van der Waals surface area contributed by atoms with Crippen LogP contribution in [0.1, 0.15) is 48.8 Å². The van der Waals surface area contributed by atoms with Crippen molar-refractivity contribution in [3.63, 3.8) is 0 Å². The van der Waals surface area contributed by atoms with E-state index in [0.717, 1.165) is 34.4 Å². The Hall–Kier alpha value is -3.11. The smallest absolute Gasteiger partial charge is 0.312 e. The molecule has 154 valence electrons. The largest absolute Gasteiger partial charge is 0.481 e. The molecular formula is C26H27NO3. The number of nitrogens with two attached hydrogens (primary N) is 1. The first-order valence-corrected chi connectivity index (χ1v) is 10.4. The molecule has 3 N–H and O–H groups in total. The Morgan fingerprint density at radius 1 is 1.07 bits per heavy atom. The number of carboxylic acids is 1. The van der Waals surface area contributed by atoms with Gasteiger partial charge in [0, 0.05) is 11.6 Å². The molecule has 2 unspecified atom stereocenters. The molecule has 4 nitrogen and oxygen atoms in total. The van der Waals surface area contributed by atoms with Crippen LogP contribution in [0.3, 0.4) is 0 Å². The number of carboxylic acid groups (broad SMARTS) is 1. The molecule has 4 heteroatoms. The minimum Gasteiger partial charge on any atom is -0.481 e. The lowest BCUT2D eigenvalue weighted by molar-refractivity contribution is -0.139. The van der Waals surface area contributed by atoms with E-state index in [2.05, 4.69) is 38.1 Å². The summed E-state index contributed by atoms with van der Waals surface area (Å²) in [5.41, 5.74) is 11.3. The van der Waals surface area contributed by atoms with E-state index in [9.17, 15) is 9.90 Å². The van der Waals surface area contributed by atoms with E-state index < -0.39 is 11.9 Å². The van der Waals surface area contributed by atoms with Crippen LogP contribution in [0.25, 0.3) is 11.1 Å². The molecule has 0 heterocycles. The van der Waals surface area contributed by atoms with E-state index in [1.165, 1.54) is 5.56 Å². The third-order valence-electron chi connectivity index (χ3n) is 5.87. The van der Waals surface area contributed by atoms with Crippen molar-refractivity contribution >= 4 is 5.97 Å². The normalized spacial score (nSPS) is 18.1. The summed E-state index contributed by atoms with van der Waals surface area (Å²) >= 11 is 0. The zero-order valence-electron chi connectivity index (χ0n) is 17.3. The highest BCUT2D eigenvalue weighted by Crippen LogP contribution is 2.38. The van der Waals surface area contributed by atoms with Crippen LogP contribution in [-0.2, 0) is 11.2 Å². The molecule has 0 aromatic heterocycles. The number of carbonyl (C=O) groups is 1. The van der Waals surface area contributed by atoms with Gasteiger partial charge in [-0.2, -0.15) is 0 Å². The lowest BCUT2D eigenvalue weighted by Crippen LogP contribution is -2.37. The monoisotopic (exact) mass is 401 g/mol. The van der Waals surface area contributed by atoms with Crippen LogP contribution < -0.4 is 10.5 Å². The van der Waals surface area contributed by atoms with Crippen LogP contribution >= 0.6 is 0 Å². The second kappa shape index (κ2) is 8.33. The lowest BCUT2D eigenvalue weighted by Gasteiger charge is -2.28. The van der Waals surface area contributed by atoms with Crippen molar-refractivity contribution in [2.75, 3.05) is 0 Å². The Morgan fingerprint density at radius 3 is 2.63 bits per heavy atom. The maximum Gasteiger partial charge on any atom is 0.312 e. The van der Waals surface area contributed by atoms with Crippen LogP contribution in [0.15, 0.2) is 66.7 Å². The molecule has 1 aliphatic rings. The van der Waals surface area contributed by atoms with Crippen molar-refractivity contribution in [2.24, 2.45) is 5.73 Å². The third kappa shape index (κ3) is 3.96. The van der Waals surface area contributed by atoms with Gasteiger partial charge in [-0.05, 0) is 59.2 Å². The predicted molar refractivity (Wildman–Crippen MR) is 119 cm³/mol. The summed E-state index contributed by atoms with van der Waals surface area (Å²) in [6.45, 7) is 4.36. The van der Waals surface area contributed by atoms with Crippen LogP contribution in [0.4, 0.5) is 0 Å². The van der Waals surface area contributed by atoms with E-state index in [0.29, 0.717) is 18.1 Å². The molecule has 3 aromatic rings. The summed E-state index contributed by atoms with van der Waals surface area (Å²) in [5, 5.41) is 9.68. The quantitative estimate of drug-likeness (QED) is 0.574. The molecule has 0 saturated carbocycles. The van der Waals surface area contributed by atoms with Gasteiger partial charge in [-0.1, -0.05) is 62.4 Å². The summed E-state index contributed by atoms with van der Waals surface area (Å²) < 4.78 is 6.26. The van der Waals surface area contributed by atoms with E-state index in [1.54, 1.807) is 0 Å². The summed E-state index contributed by atoms with van der Waals surface area (Å²) in [5.74, 6) is 0.226. The Balaban J connectivity index is 1.70. The zero-order valence-corrected chi connectivity index (χ0v) is 17.3. The van der Waals surface area contributed by atoms with Crippen LogP contribution in [0.5, 0.6) is 11.5 Å². The molecule has 30 heavy (non-hydrogen) atoms. The number of rotatable bonds is 5. The molecule has 0 spiro atoms. The van der Waals surface area contributed by atoms with E-state index in [-0.39, 0.29) is 6.04 Å². The minimum absolute atomic E-state index is 0.378. The molecule has 0 bridgehead atoms. The van der Waals surface area contributed by atoms with Crippen molar-refractivity contribution in [3.05, 3.63) is 83.4 Å². The van der Waals surface area contributed by atoms with Crippen molar-refractivity contribution in [2.45, 2.75) is 44.6 Å². The molecule has 0 aliphatic heterocycles. The molecule has 0 fully saturated rings. The average molecular weight is 402 g/mol. The van der Waals surface area contributed by atoms with Gasteiger partial charge in [0.15, 0.2) is 0 Å². The Morgan fingerprint density at radius 2 is 1.87 bits per heavy atom. The molecule has 0 amide bonds. The summed E-state index contributed by atoms with van der Waals surface area (Å²) in [6.07, 6.45) is 1.47.